The summed E-state index contributed by atoms with van der Waals surface area (Å²) in [7, 11) is 2.08. The van der Waals surface area contributed by atoms with Gasteiger partial charge in [-0.05, 0) is 48.6 Å². The van der Waals surface area contributed by atoms with E-state index < -0.39 is 0 Å². The number of hydrogen-bond acceptors (Lipinski definition) is 3. The van der Waals surface area contributed by atoms with Gasteiger partial charge in [-0.15, -0.1) is 23.0 Å². The van der Waals surface area contributed by atoms with Crippen LogP contribution in [0.25, 0.3) is 11.4 Å². The maximum atomic E-state index is 13.2. The van der Waals surface area contributed by atoms with Crippen LogP contribution in [0.3, 0.4) is 0 Å². The summed E-state index contributed by atoms with van der Waals surface area (Å²) < 4.78 is 18.4. The highest BCUT2D eigenvalue weighted by Crippen LogP contribution is 2.21. The summed E-state index contributed by atoms with van der Waals surface area (Å²) in [6, 6.07) is 10.2. The first kappa shape index (κ1) is 19.0. The van der Waals surface area contributed by atoms with E-state index in [9.17, 15) is 4.39 Å². The molecule has 1 aromatic carbocycles. The molecule has 0 aliphatic carbocycles. The number of thiophene rings is 1. The van der Waals surface area contributed by atoms with Gasteiger partial charge in [-0.25, -0.2) is 4.39 Å². The molecule has 8 heteroatoms. The fourth-order valence-corrected chi connectivity index (χ4v) is 4.17. The first-order chi connectivity index (χ1) is 12.5. The van der Waals surface area contributed by atoms with Crippen molar-refractivity contribution in [3.63, 3.8) is 0 Å². The van der Waals surface area contributed by atoms with E-state index in [1.54, 1.807) is 29.5 Å². The van der Waals surface area contributed by atoms with Crippen molar-refractivity contribution in [2.24, 2.45) is 0 Å². The number of halogens is 2. The maximum absolute atomic E-state index is 13.2. The molecule has 0 saturated heterocycles. The van der Waals surface area contributed by atoms with Crippen LogP contribution in [0.15, 0.2) is 49.1 Å². The molecule has 26 heavy (non-hydrogen) atoms. The minimum absolute atomic E-state index is 0.277. The van der Waals surface area contributed by atoms with Crippen molar-refractivity contribution < 1.29 is 9.29 Å². The van der Waals surface area contributed by atoms with Gasteiger partial charge in [-0.3, -0.25) is 4.57 Å². The van der Waals surface area contributed by atoms with Crippen molar-refractivity contribution in [2.75, 3.05) is 7.05 Å². The Balaban J connectivity index is 1.87. The Kier molecular flexibility index (Phi) is 6.03. The van der Waals surface area contributed by atoms with E-state index in [4.69, 9.17) is 23.8 Å². The smallest absolute Gasteiger partial charge is 0.203 e. The Labute approximate surface area is 165 Å². The normalized spacial score (nSPS) is 12.3. The summed E-state index contributed by atoms with van der Waals surface area (Å²) in [5.41, 5.74) is 0.820. The van der Waals surface area contributed by atoms with Crippen LogP contribution in [-0.2, 0) is 19.8 Å². The van der Waals surface area contributed by atoms with E-state index in [-0.39, 0.29) is 5.82 Å². The Morgan fingerprint density at radius 1 is 1.31 bits per heavy atom. The molecule has 136 valence electrons. The van der Waals surface area contributed by atoms with Gasteiger partial charge in [-0.1, -0.05) is 17.7 Å². The number of aromatic nitrogens is 3. The van der Waals surface area contributed by atoms with Gasteiger partial charge in [0.2, 0.25) is 4.77 Å². The lowest BCUT2D eigenvalue weighted by Crippen LogP contribution is -3.06. The number of benzene rings is 1. The summed E-state index contributed by atoms with van der Waals surface area (Å²) in [5, 5.41) is 4.68. The number of allylic oxidation sites excluding steroid dienone is 1. The summed E-state index contributed by atoms with van der Waals surface area (Å²) in [6.07, 6.45) is 1.78. The fraction of sp³-hybridized carbons (Fsp3) is 0.222. The van der Waals surface area contributed by atoms with E-state index >= 15 is 0 Å². The molecule has 0 amide bonds. The highest BCUT2D eigenvalue weighted by molar-refractivity contribution is 7.71. The first-order valence-corrected chi connectivity index (χ1v) is 9.68. The highest BCUT2D eigenvalue weighted by atomic mass is 35.5. The predicted octanol–water partition coefficient (Wildman–Crippen LogP) is 3.79. The van der Waals surface area contributed by atoms with Crippen LogP contribution < -0.4 is 4.90 Å². The molecule has 1 unspecified atom stereocenters. The molecule has 0 aliphatic heterocycles. The van der Waals surface area contributed by atoms with E-state index in [0.717, 1.165) is 16.4 Å². The van der Waals surface area contributed by atoms with Crippen LogP contribution in [-0.4, -0.2) is 21.4 Å². The quantitative estimate of drug-likeness (QED) is 0.474. The van der Waals surface area contributed by atoms with Gasteiger partial charge in [0.15, 0.2) is 12.5 Å². The van der Waals surface area contributed by atoms with Gasteiger partial charge in [-0.2, -0.15) is 4.68 Å². The third-order valence-electron chi connectivity index (χ3n) is 3.86. The number of quaternary nitrogens is 1. The van der Waals surface area contributed by atoms with Crippen molar-refractivity contribution in [3.8, 4) is 11.4 Å². The molecule has 2 heterocycles. The molecule has 0 spiro atoms. The van der Waals surface area contributed by atoms with Crippen LogP contribution in [0.4, 0.5) is 4.39 Å². The van der Waals surface area contributed by atoms with Crippen molar-refractivity contribution in [2.45, 2.75) is 19.8 Å². The zero-order chi connectivity index (χ0) is 18.7. The van der Waals surface area contributed by atoms with Crippen LogP contribution in [0.1, 0.15) is 4.88 Å². The van der Waals surface area contributed by atoms with Gasteiger partial charge in [0.1, 0.15) is 12.4 Å². The SMILES string of the molecule is C=CCn1c(-c2ccc(F)cc2)nn(C[NH+](C)Cc2ccc(Cl)s2)c1=S. The molecule has 0 saturated carbocycles. The van der Waals surface area contributed by atoms with E-state index in [1.165, 1.54) is 21.9 Å². The second kappa shape index (κ2) is 8.26. The number of hydrogen-bond donors (Lipinski definition) is 1. The molecule has 0 radical (unpaired) electrons. The molecule has 2 aromatic heterocycles. The summed E-state index contributed by atoms with van der Waals surface area (Å²) >= 11 is 13.2. The maximum Gasteiger partial charge on any atom is 0.203 e. The molecule has 4 nitrogen and oxygen atoms in total. The Hall–Kier alpha value is -1.80. The zero-order valence-corrected chi connectivity index (χ0v) is 16.7. The zero-order valence-electron chi connectivity index (χ0n) is 14.3. The van der Waals surface area contributed by atoms with Gasteiger partial charge in [0.25, 0.3) is 0 Å². The monoisotopic (exact) mass is 409 g/mol. The van der Waals surface area contributed by atoms with Crippen molar-refractivity contribution in [1.29, 1.82) is 0 Å². The molecule has 1 atom stereocenters. The summed E-state index contributed by atoms with van der Waals surface area (Å²) in [4.78, 5) is 2.44. The standard InChI is InChI=1S/C18H18ClFN4S2/c1-3-10-23-17(13-4-6-14(20)7-5-13)21-24(18(23)25)12-22(2)11-15-8-9-16(19)26-15/h3-9H,1,10-12H2,2H3/p+1. The Morgan fingerprint density at radius 3 is 2.65 bits per heavy atom. The topological polar surface area (TPSA) is 27.2 Å². The average Bonchev–Trinajstić information content (AvgIpc) is 3.14. The third-order valence-corrected chi connectivity index (χ3v) is 5.52. The minimum atomic E-state index is -0.277. The average molecular weight is 410 g/mol. The molecule has 3 aromatic rings. The second-order valence-electron chi connectivity index (χ2n) is 6.01. The van der Waals surface area contributed by atoms with E-state index in [0.29, 0.717) is 23.8 Å². The molecule has 0 fully saturated rings. The summed E-state index contributed by atoms with van der Waals surface area (Å²) in [5.74, 6) is 0.433. The molecule has 3 rings (SSSR count). The Bertz CT molecular complexity index is 958. The van der Waals surface area contributed by atoms with E-state index in [1.807, 2.05) is 21.4 Å². The predicted molar refractivity (Wildman–Crippen MR) is 107 cm³/mol. The lowest BCUT2D eigenvalue weighted by atomic mass is 10.2. The summed E-state index contributed by atoms with van der Waals surface area (Å²) in [6.45, 7) is 5.79. The van der Waals surface area contributed by atoms with Crippen LogP contribution in [0, 0.1) is 10.6 Å². The second-order valence-corrected chi connectivity index (χ2v) is 8.17. The van der Waals surface area contributed by atoms with Gasteiger partial charge >= 0.3 is 0 Å². The molecule has 0 aliphatic rings. The van der Waals surface area contributed by atoms with Crippen molar-refractivity contribution in [3.05, 3.63) is 68.9 Å². The lowest BCUT2D eigenvalue weighted by Gasteiger charge is -2.12. The molecule has 0 bridgehead atoms. The van der Waals surface area contributed by atoms with Gasteiger partial charge in [0.05, 0.1) is 16.3 Å². The fourth-order valence-electron chi connectivity index (χ4n) is 2.71. The van der Waals surface area contributed by atoms with Crippen LogP contribution in [0.2, 0.25) is 4.34 Å². The minimum Gasteiger partial charge on any atom is -0.314 e. The molecular formula is C18H19ClFN4S2+. The molecular weight excluding hydrogens is 391 g/mol. The number of nitrogens with one attached hydrogen (secondary N) is 1. The largest absolute Gasteiger partial charge is 0.314 e. The van der Waals surface area contributed by atoms with Crippen molar-refractivity contribution >= 4 is 35.2 Å². The number of rotatable bonds is 7. The number of nitrogens with zero attached hydrogens (tertiary/aromatic N) is 3. The van der Waals surface area contributed by atoms with Gasteiger partial charge in [0, 0.05) is 12.1 Å². The van der Waals surface area contributed by atoms with Crippen molar-refractivity contribution in [1.82, 2.24) is 14.3 Å². The van der Waals surface area contributed by atoms with Crippen LogP contribution in [0.5, 0.6) is 0 Å². The first-order valence-electron chi connectivity index (χ1n) is 8.08. The third kappa shape index (κ3) is 4.29. The molecule has 1 N–H and O–H groups in total. The highest BCUT2D eigenvalue weighted by Gasteiger charge is 2.15. The Morgan fingerprint density at radius 2 is 2.04 bits per heavy atom. The van der Waals surface area contributed by atoms with Gasteiger partial charge < -0.3 is 4.90 Å². The van der Waals surface area contributed by atoms with E-state index in [2.05, 4.69) is 18.7 Å². The van der Waals surface area contributed by atoms with Crippen LogP contribution >= 0.6 is 35.2 Å². The lowest BCUT2D eigenvalue weighted by molar-refractivity contribution is -0.917.